The van der Waals surface area contributed by atoms with E-state index in [2.05, 4.69) is 43.4 Å². The minimum atomic E-state index is -0.395. The molecule has 1 aliphatic rings. The van der Waals surface area contributed by atoms with Gasteiger partial charge in [-0.05, 0) is 5.57 Å². The van der Waals surface area contributed by atoms with E-state index < -0.39 is 5.97 Å². The highest BCUT2D eigenvalue weighted by Gasteiger charge is 2.18. The highest BCUT2D eigenvalue weighted by molar-refractivity contribution is 7.81. The SMILES string of the molecule is O=C(CS)OCCC1=CN(CCOC(=O)CS)NN(CCOC(=O)CS)C1. The standard InChI is InChI=1S/C15H25N3O6S3/c19-13(9-25)22-4-1-12-7-17(2-5-23-14(20)10-26)16-18(8-12)3-6-24-15(21)11-27/h7,16,25-27H,1-6,8-11H2. The van der Waals surface area contributed by atoms with Crippen LogP contribution < -0.4 is 5.53 Å². The highest BCUT2D eigenvalue weighted by atomic mass is 32.1. The topological polar surface area (TPSA) is 97.4 Å². The summed E-state index contributed by atoms with van der Waals surface area (Å²) in [4.78, 5) is 33.5. The fraction of sp³-hybridized carbons (Fsp3) is 0.667. The maximum atomic E-state index is 11.2. The molecule has 0 spiro atoms. The Morgan fingerprint density at radius 3 is 1.96 bits per heavy atom. The Balaban J connectivity index is 2.54. The number of nitrogens with zero attached hydrogens (tertiary/aromatic N) is 2. The van der Waals surface area contributed by atoms with E-state index in [9.17, 15) is 14.4 Å². The Kier molecular flexibility index (Phi) is 12.4. The first kappa shape index (κ1) is 24.0. The molecule has 0 saturated carbocycles. The molecule has 1 aliphatic heterocycles. The maximum Gasteiger partial charge on any atom is 0.315 e. The molecule has 0 unspecified atom stereocenters. The second-order valence-electron chi connectivity index (χ2n) is 5.39. The van der Waals surface area contributed by atoms with Gasteiger partial charge in [-0.2, -0.15) is 43.4 Å². The van der Waals surface area contributed by atoms with Crippen LogP contribution >= 0.6 is 37.9 Å². The molecular formula is C15H25N3O6S3. The van der Waals surface area contributed by atoms with Crippen LogP contribution in [0.25, 0.3) is 0 Å². The molecule has 1 N–H and O–H groups in total. The monoisotopic (exact) mass is 439 g/mol. The van der Waals surface area contributed by atoms with Gasteiger partial charge in [0.2, 0.25) is 0 Å². The number of ether oxygens (including phenoxy) is 3. The lowest BCUT2D eigenvalue weighted by Crippen LogP contribution is -2.53. The fourth-order valence-electron chi connectivity index (χ4n) is 2.10. The number of rotatable bonds is 12. The first-order valence-electron chi connectivity index (χ1n) is 8.25. The van der Waals surface area contributed by atoms with Crippen LogP contribution in [0.15, 0.2) is 11.8 Å². The summed E-state index contributed by atoms with van der Waals surface area (Å²) in [5.41, 5.74) is 4.13. The van der Waals surface area contributed by atoms with Crippen molar-refractivity contribution < 1.29 is 28.6 Å². The van der Waals surface area contributed by atoms with E-state index in [1.807, 2.05) is 11.2 Å². The number of hydrogen-bond acceptors (Lipinski definition) is 12. The zero-order valence-electron chi connectivity index (χ0n) is 14.8. The van der Waals surface area contributed by atoms with Crippen LogP contribution in [0.4, 0.5) is 0 Å². The average molecular weight is 440 g/mol. The quantitative estimate of drug-likeness (QED) is 0.186. The summed E-state index contributed by atoms with van der Waals surface area (Å²) in [5.74, 6) is -1.08. The van der Waals surface area contributed by atoms with Gasteiger partial charge in [0.05, 0.1) is 30.4 Å². The molecule has 0 bridgehead atoms. The third kappa shape index (κ3) is 10.7. The van der Waals surface area contributed by atoms with Crippen molar-refractivity contribution in [2.45, 2.75) is 6.42 Å². The van der Waals surface area contributed by atoms with Gasteiger partial charge in [0.1, 0.15) is 13.2 Å². The minimum Gasteiger partial charge on any atom is -0.465 e. The van der Waals surface area contributed by atoms with Gasteiger partial charge >= 0.3 is 17.9 Å². The van der Waals surface area contributed by atoms with E-state index in [1.54, 1.807) is 5.01 Å². The lowest BCUT2D eigenvalue weighted by Gasteiger charge is -2.36. The molecule has 0 aliphatic carbocycles. The number of nitrogens with one attached hydrogen (secondary N) is 1. The first-order valence-corrected chi connectivity index (χ1v) is 10.1. The van der Waals surface area contributed by atoms with E-state index in [0.29, 0.717) is 26.1 Å². The predicted octanol–water partition coefficient (Wildman–Crippen LogP) is -0.283. The van der Waals surface area contributed by atoms with Gasteiger partial charge in [-0.15, -0.1) is 0 Å². The van der Waals surface area contributed by atoms with Crippen LogP contribution in [0.5, 0.6) is 0 Å². The van der Waals surface area contributed by atoms with Gasteiger partial charge in [0.25, 0.3) is 0 Å². The zero-order valence-corrected chi connectivity index (χ0v) is 17.5. The molecule has 12 heteroatoms. The zero-order chi connectivity index (χ0) is 20.1. The van der Waals surface area contributed by atoms with Crippen LogP contribution in [0, 0.1) is 0 Å². The van der Waals surface area contributed by atoms with Crippen molar-refractivity contribution in [2.75, 3.05) is 56.7 Å². The van der Waals surface area contributed by atoms with Gasteiger partial charge in [-0.25, -0.2) is 5.01 Å². The molecule has 0 fully saturated rings. The minimum absolute atomic E-state index is 0.0215. The molecule has 154 valence electrons. The summed E-state index contributed by atoms with van der Waals surface area (Å²) >= 11 is 11.6. The first-order chi connectivity index (χ1) is 13.0. The third-order valence-electron chi connectivity index (χ3n) is 3.30. The van der Waals surface area contributed by atoms with Crippen LogP contribution in [-0.4, -0.2) is 84.6 Å². The second-order valence-corrected chi connectivity index (χ2v) is 6.34. The van der Waals surface area contributed by atoms with E-state index in [4.69, 9.17) is 14.2 Å². The Bertz CT molecular complexity index is 535. The number of hydrogen-bond donors (Lipinski definition) is 4. The van der Waals surface area contributed by atoms with Crippen LogP contribution in [0.1, 0.15) is 6.42 Å². The second kappa shape index (κ2) is 14.0. The summed E-state index contributed by atoms with van der Waals surface area (Å²) in [7, 11) is 0. The Labute approximate surface area is 174 Å². The van der Waals surface area contributed by atoms with Crippen LogP contribution in [0.3, 0.4) is 0 Å². The fourth-order valence-corrected chi connectivity index (χ4v) is 2.37. The normalized spacial score (nSPS) is 14.5. The number of hydrazine groups is 2. The Morgan fingerprint density at radius 1 is 0.889 bits per heavy atom. The molecule has 0 atom stereocenters. The van der Waals surface area contributed by atoms with Crippen molar-refractivity contribution in [1.29, 1.82) is 0 Å². The van der Waals surface area contributed by atoms with Gasteiger partial charge in [-0.3, -0.25) is 19.4 Å². The van der Waals surface area contributed by atoms with E-state index in [0.717, 1.165) is 5.57 Å². The molecule has 0 aromatic heterocycles. The third-order valence-corrected chi connectivity index (χ3v) is 4.07. The van der Waals surface area contributed by atoms with Gasteiger partial charge in [0.15, 0.2) is 0 Å². The summed E-state index contributed by atoms with van der Waals surface area (Å²) in [6, 6.07) is 0. The van der Waals surface area contributed by atoms with Gasteiger partial charge in [0, 0.05) is 25.7 Å². The molecular weight excluding hydrogens is 414 g/mol. The number of thiol groups is 3. The summed E-state index contributed by atoms with van der Waals surface area (Å²) in [5, 5.41) is 3.60. The number of esters is 3. The summed E-state index contributed by atoms with van der Waals surface area (Å²) in [6.07, 6.45) is 2.42. The van der Waals surface area contributed by atoms with Crippen molar-refractivity contribution in [3.63, 3.8) is 0 Å². The van der Waals surface area contributed by atoms with Gasteiger partial charge in [-0.1, -0.05) is 0 Å². The average Bonchev–Trinajstić information content (AvgIpc) is 2.67. The molecule has 0 radical (unpaired) electrons. The van der Waals surface area contributed by atoms with E-state index >= 15 is 0 Å². The summed E-state index contributed by atoms with van der Waals surface area (Å²) < 4.78 is 15.1. The van der Waals surface area contributed by atoms with Crippen molar-refractivity contribution in [1.82, 2.24) is 15.6 Å². The number of carbonyl (C=O) groups is 3. The maximum absolute atomic E-state index is 11.2. The molecule has 1 heterocycles. The van der Waals surface area contributed by atoms with Crippen molar-refractivity contribution in [3.05, 3.63) is 11.8 Å². The Hall–Kier alpha value is -1.08. The molecule has 0 amide bonds. The predicted molar refractivity (Wildman–Crippen MR) is 109 cm³/mol. The summed E-state index contributed by atoms with van der Waals surface area (Å²) in [6.45, 7) is 2.05. The lowest BCUT2D eigenvalue weighted by molar-refractivity contribution is -0.141. The Morgan fingerprint density at radius 2 is 1.41 bits per heavy atom. The van der Waals surface area contributed by atoms with Crippen molar-refractivity contribution in [2.24, 2.45) is 0 Å². The number of carbonyl (C=O) groups excluding carboxylic acids is 3. The molecule has 1 rings (SSSR count). The van der Waals surface area contributed by atoms with E-state index in [-0.39, 0.29) is 49.0 Å². The molecule has 0 saturated heterocycles. The van der Waals surface area contributed by atoms with Crippen LogP contribution in [0.2, 0.25) is 0 Å². The van der Waals surface area contributed by atoms with E-state index in [1.165, 1.54) is 0 Å². The molecule has 9 nitrogen and oxygen atoms in total. The lowest BCUT2D eigenvalue weighted by atomic mass is 10.2. The van der Waals surface area contributed by atoms with Crippen LogP contribution in [-0.2, 0) is 28.6 Å². The van der Waals surface area contributed by atoms with Gasteiger partial charge < -0.3 is 14.2 Å². The molecule has 0 aromatic rings. The smallest absolute Gasteiger partial charge is 0.315 e. The highest BCUT2D eigenvalue weighted by Crippen LogP contribution is 2.11. The molecule has 27 heavy (non-hydrogen) atoms. The van der Waals surface area contributed by atoms with Crippen molar-refractivity contribution >= 4 is 55.8 Å². The molecule has 0 aromatic carbocycles. The largest absolute Gasteiger partial charge is 0.465 e. The van der Waals surface area contributed by atoms with Crippen molar-refractivity contribution in [3.8, 4) is 0 Å².